The quantitative estimate of drug-likeness (QED) is 0.431. The van der Waals surface area contributed by atoms with Gasteiger partial charge in [-0.05, 0) is 12.1 Å². The van der Waals surface area contributed by atoms with Gasteiger partial charge in [-0.25, -0.2) is 18.7 Å². The predicted molar refractivity (Wildman–Crippen MR) is 108 cm³/mol. The summed E-state index contributed by atoms with van der Waals surface area (Å²) in [6.07, 6.45) is 4.18. The average Bonchev–Trinajstić information content (AvgIpc) is 3.40. The van der Waals surface area contributed by atoms with Crippen molar-refractivity contribution in [3.8, 4) is 22.9 Å². The Labute approximate surface area is 171 Å². The highest BCUT2D eigenvalue weighted by Crippen LogP contribution is 2.26. The van der Waals surface area contributed by atoms with Crippen LogP contribution in [0.15, 0.2) is 66.0 Å². The van der Waals surface area contributed by atoms with Crippen molar-refractivity contribution in [3.63, 3.8) is 0 Å². The number of rotatable bonds is 7. The van der Waals surface area contributed by atoms with Gasteiger partial charge in [0.2, 0.25) is 0 Å². The molecule has 0 aliphatic carbocycles. The van der Waals surface area contributed by atoms with Crippen molar-refractivity contribution in [2.75, 3.05) is 18.5 Å². The van der Waals surface area contributed by atoms with Crippen molar-refractivity contribution < 1.29 is 13.3 Å². The van der Waals surface area contributed by atoms with E-state index in [4.69, 9.17) is 4.52 Å². The molecule has 30 heavy (non-hydrogen) atoms. The Balaban J connectivity index is 1.77. The number of nitrogens with zero attached hydrogens (tertiary/aromatic N) is 6. The van der Waals surface area contributed by atoms with Gasteiger partial charge in [-0.1, -0.05) is 29.4 Å². The van der Waals surface area contributed by atoms with Gasteiger partial charge < -0.3 is 9.42 Å². The van der Waals surface area contributed by atoms with Crippen LogP contribution in [0.1, 0.15) is 5.56 Å². The van der Waals surface area contributed by atoms with E-state index in [1.807, 2.05) is 0 Å². The lowest BCUT2D eigenvalue weighted by atomic mass is 10.2. The number of hydrogen-bond donors (Lipinski definition) is 0. The van der Waals surface area contributed by atoms with Gasteiger partial charge in [-0.2, -0.15) is 5.10 Å². The zero-order valence-electron chi connectivity index (χ0n) is 16.2. The van der Waals surface area contributed by atoms with Gasteiger partial charge in [0.25, 0.3) is 0 Å². The molecule has 4 rings (SSSR count). The van der Waals surface area contributed by atoms with Crippen molar-refractivity contribution >= 4 is 5.82 Å². The van der Waals surface area contributed by atoms with Crippen LogP contribution in [-0.2, 0) is 6.54 Å². The second-order valence-corrected chi connectivity index (χ2v) is 6.58. The van der Waals surface area contributed by atoms with Gasteiger partial charge in [0.1, 0.15) is 23.5 Å². The fourth-order valence-electron chi connectivity index (χ4n) is 3.01. The van der Waals surface area contributed by atoms with Crippen LogP contribution < -0.4 is 4.90 Å². The summed E-state index contributed by atoms with van der Waals surface area (Å²) in [7, 11) is 1.70. The number of aromatic nitrogens is 5. The first-order valence-electron chi connectivity index (χ1n) is 9.13. The van der Waals surface area contributed by atoms with Crippen molar-refractivity contribution in [1.82, 2.24) is 24.9 Å². The molecule has 0 spiro atoms. The van der Waals surface area contributed by atoms with E-state index in [9.17, 15) is 8.78 Å². The molecule has 0 saturated carbocycles. The Morgan fingerprint density at radius 1 is 1.17 bits per heavy atom. The van der Waals surface area contributed by atoms with Crippen molar-refractivity contribution in [2.24, 2.45) is 0 Å². The highest BCUT2D eigenvalue weighted by molar-refractivity contribution is 5.63. The molecule has 0 aliphatic rings. The van der Waals surface area contributed by atoms with Gasteiger partial charge in [-0.3, -0.25) is 4.68 Å². The molecule has 4 aromatic rings. The summed E-state index contributed by atoms with van der Waals surface area (Å²) in [6, 6.07) is 9.83. The summed E-state index contributed by atoms with van der Waals surface area (Å²) in [5.74, 6) is -0.525. The molecule has 0 atom stereocenters. The minimum atomic E-state index is -0.550. The zero-order chi connectivity index (χ0) is 21.1. The predicted octanol–water partition coefficient (Wildman–Crippen LogP) is 3.94. The fraction of sp³-hybridized carbons (Fsp3) is 0.143. The summed E-state index contributed by atoms with van der Waals surface area (Å²) >= 11 is 0. The molecule has 0 saturated heterocycles. The average molecular weight is 408 g/mol. The van der Waals surface area contributed by atoms with Gasteiger partial charge in [0.15, 0.2) is 17.5 Å². The molecule has 0 bridgehead atoms. The second-order valence-electron chi connectivity index (χ2n) is 6.58. The molecule has 3 heterocycles. The zero-order valence-corrected chi connectivity index (χ0v) is 16.2. The van der Waals surface area contributed by atoms with Gasteiger partial charge in [0, 0.05) is 25.2 Å². The van der Waals surface area contributed by atoms with E-state index in [1.54, 1.807) is 53.0 Å². The van der Waals surface area contributed by atoms with E-state index in [1.165, 1.54) is 12.3 Å². The summed E-state index contributed by atoms with van der Waals surface area (Å²) in [4.78, 5) is 10.0. The maximum absolute atomic E-state index is 14.2. The smallest absolute Gasteiger partial charge is 0.183 e. The van der Waals surface area contributed by atoms with E-state index in [-0.39, 0.29) is 24.0 Å². The molecule has 7 nitrogen and oxygen atoms in total. The van der Waals surface area contributed by atoms with E-state index < -0.39 is 5.82 Å². The number of likely N-dealkylation sites (N-methyl/N-ethyl adjacent to an activating group) is 1. The lowest BCUT2D eigenvalue weighted by Crippen LogP contribution is -2.20. The lowest BCUT2D eigenvalue weighted by molar-refractivity contribution is 0.421. The van der Waals surface area contributed by atoms with Crippen LogP contribution in [0.5, 0.6) is 0 Å². The van der Waals surface area contributed by atoms with Crippen LogP contribution in [0, 0.1) is 11.6 Å². The molecule has 9 heteroatoms. The Morgan fingerprint density at radius 3 is 2.73 bits per heavy atom. The number of halogens is 2. The van der Waals surface area contributed by atoms with Crippen LogP contribution >= 0.6 is 0 Å². The monoisotopic (exact) mass is 408 g/mol. The van der Waals surface area contributed by atoms with Gasteiger partial charge >= 0.3 is 0 Å². The van der Waals surface area contributed by atoms with E-state index in [0.29, 0.717) is 29.2 Å². The molecule has 152 valence electrons. The Kier molecular flexibility index (Phi) is 5.34. The number of anilines is 1. The third kappa shape index (κ3) is 3.82. The number of benzene rings is 1. The summed E-state index contributed by atoms with van der Waals surface area (Å²) in [5.41, 5.74) is 1.98. The first-order chi connectivity index (χ1) is 14.6. The Morgan fingerprint density at radius 2 is 2.00 bits per heavy atom. The Hall–Kier alpha value is -3.88. The molecule has 1 aromatic carbocycles. The summed E-state index contributed by atoms with van der Waals surface area (Å²) in [5, 5.41) is 8.48. The maximum Gasteiger partial charge on any atom is 0.183 e. The maximum atomic E-state index is 14.2. The minimum Gasteiger partial charge on any atom is -0.364 e. The normalized spacial score (nSPS) is 10.9. The summed E-state index contributed by atoms with van der Waals surface area (Å²) in [6.45, 7) is 4.24. The topological polar surface area (TPSA) is 72.9 Å². The number of hydrogen-bond acceptors (Lipinski definition) is 6. The van der Waals surface area contributed by atoms with Crippen LogP contribution in [0.4, 0.5) is 14.6 Å². The molecule has 0 amide bonds. The molecule has 0 aliphatic heterocycles. The third-order valence-electron chi connectivity index (χ3n) is 4.48. The molecule has 0 fully saturated rings. The van der Waals surface area contributed by atoms with E-state index in [2.05, 4.69) is 26.8 Å². The fourth-order valence-corrected chi connectivity index (χ4v) is 3.01. The van der Waals surface area contributed by atoms with Gasteiger partial charge in [0.05, 0.1) is 18.4 Å². The largest absolute Gasteiger partial charge is 0.364 e. The molecule has 0 unspecified atom stereocenters. The third-order valence-corrected chi connectivity index (χ3v) is 4.48. The molecule has 0 radical (unpaired) electrons. The van der Waals surface area contributed by atoms with Gasteiger partial charge in [-0.15, -0.1) is 6.58 Å². The first-order valence-corrected chi connectivity index (χ1v) is 9.13. The Bertz CT molecular complexity index is 1170. The van der Waals surface area contributed by atoms with Crippen LogP contribution in [0.25, 0.3) is 22.9 Å². The lowest BCUT2D eigenvalue weighted by Gasteiger charge is -2.16. The van der Waals surface area contributed by atoms with Crippen LogP contribution in [0.2, 0.25) is 0 Å². The van der Waals surface area contributed by atoms with Crippen molar-refractivity contribution in [2.45, 2.75) is 6.54 Å². The second kappa shape index (κ2) is 8.24. The first kappa shape index (κ1) is 19.4. The molecule has 3 aromatic heterocycles. The van der Waals surface area contributed by atoms with E-state index >= 15 is 0 Å². The molecular formula is C21H18F2N6O. The van der Waals surface area contributed by atoms with Crippen molar-refractivity contribution in [1.29, 1.82) is 0 Å². The highest BCUT2D eigenvalue weighted by Gasteiger charge is 2.19. The minimum absolute atomic E-state index is 0.131. The highest BCUT2D eigenvalue weighted by atomic mass is 19.1. The molecular weight excluding hydrogens is 390 g/mol. The standard InChI is InChI=1S/C21H18F2N6O/c1-3-9-28(2)21-16(23)12-24-20(25-21)18-11-19(17-8-10-30-27-17)29(26-18)13-14-6-4-5-7-15(14)22/h3-8,10-12H,1,9,13H2,2H3. The van der Waals surface area contributed by atoms with Crippen LogP contribution in [-0.4, -0.2) is 38.5 Å². The van der Waals surface area contributed by atoms with Crippen LogP contribution in [0.3, 0.4) is 0 Å². The van der Waals surface area contributed by atoms with E-state index in [0.717, 1.165) is 6.20 Å². The van der Waals surface area contributed by atoms with Crippen molar-refractivity contribution in [3.05, 3.63) is 78.7 Å². The molecule has 0 N–H and O–H groups in total. The summed E-state index contributed by atoms with van der Waals surface area (Å²) < 4.78 is 34.9. The SMILES string of the molecule is C=CCN(C)c1nc(-c2cc(-c3ccon3)n(Cc3ccccc3F)n2)ncc1F.